The molecule has 0 unspecified atom stereocenters. The molecule has 4 rings (SSSR count). The van der Waals surface area contributed by atoms with Gasteiger partial charge in [0.1, 0.15) is 12.2 Å². The fraction of sp³-hybridized carbons (Fsp3) is 0.700. The molecule has 3 heterocycles. The van der Waals surface area contributed by atoms with Crippen molar-refractivity contribution in [3.05, 3.63) is 29.8 Å². The molecule has 10 heteroatoms. The Morgan fingerprint density at radius 1 is 1.23 bits per heavy atom. The van der Waals surface area contributed by atoms with Crippen molar-refractivity contribution in [2.45, 2.75) is 48.9 Å². The highest BCUT2D eigenvalue weighted by Crippen LogP contribution is 2.32. The zero-order valence-electron chi connectivity index (χ0n) is 17.1. The monoisotopic (exact) mass is 442 g/mol. The molecule has 0 aromatic heterocycles. The molecule has 5 atom stereocenters. The molecule has 3 saturated heterocycles. The number of aliphatic hydroxyl groups excluding tert-OH is 1. The van der Waals surface area contributed by atoms with E-state index in [1.807, 2.05) is 6.92 Å². The number of rotatable bonds is 8. The van der Waals surface area contributed by atoms with Crippen LogP contribution in [0.2, 0.25) is 0 Å². The molecule has 9 nitrogen and oxygen atoms in total. The van der Waals surface area contributed by atoms with Crippen molar-refractivity contribution in [3.63, 3.8) is 0 Å². The maximum atomic E-state index is 12.7. The van der Waals surface area contributed by atoms with Crippen molar-refractivity contribution in [3.8, 4) is 0 Å². The first kappa shape index (κ1) is 22.1. The van der Waals surface area contributed by atoms with Crippen molar-refractivity contribution < 1.29 is 31.9 Å². The number of nitrogens with one attached hydrogen (secondary N) is 1. The van der Waals surface area contributed by atoms with Crippen LogP contribution in [0.15, 0.2) is 29.2 Å². The van der Waals surface area contributed by atoms with Crippen molar-refractivity contribution in [2.75, 3.05) is 46.0 Å². The maximum Gasteiger partial charge on any atom is 0.297 e. The van der Waals surface area contributed by atoms with Gasteiger partial charge in [-0.1, -0.05) is 17.7 Å². The highest BCUT2D eigenvalue weighted by atomic mass is 32.2. The van der Waals surface area contributed by atoms with E-state index in [1.54, 1.807) is 12.1 Å². The minimum absolute atomic E-state index is 0.0374. The summed E-state index contributed by atoms with van der Waals surface area (Å²) in [6, 6.07) is 5.91. The summed E-state index contributed by atoms with van der Waals surface area (Å²) in [4.78, 5) is 2.38. The van der Waals surface area contributed by atoms with E-state index >= 15 is 0 Å². The molecule has 0 spiro atoms. The fourth-order valence-corrected chi connectivity index (χ4v) is 5.12. The predicted molar refractivity (Wildman–Crippen MR) is 108 cm³/mol. The summed E-state index contributed by atoms with van der Waals surface area (Å²) in [6.45, 7) is 7.15. The summed E-state index contributed by atoms with van der Waals surface area (Å²) >= 11 is 0. The van der Waals surface area contributed by atoms with Gasteiger partial charge < -0.3 is 24.6 Å². The first-order valence-corrected chi connectivity index (χ1v) is 11.8. The van der Waals surface area contributed by atoms with Crippen LogP contribution in [0.4, 0.5) is 0 Å². The minimum atomic E-state index is -4.06. The summed E-state index contributed by atoms with van der Waals surface area (Å²) < 4.78 is 47.5. The summed E-state index contributed by atoms with van der Waals surface area (Å²) in [5.41, 5.74) is 0.943. The Bertz CT molecular complexity index is 798. The zero-order chi connectivity index (χ0) is 21.1. The van der Waals surface area contributed by atoms with Crippen molar-refractivity contribution >= 4 is 10.1 Å². The maximum absolute atomic E-state index is 12.7. The number of aryl methyl sites for hydroxylation is 1. The van der Waals surface area contributed by atoms with E-state index in [1.165, 1.54) is 12.1 Å². The lowest BCUT2D eigenvalue weighted by atomic mass is 9.98. The third-order valence-corrected chi connectivity index (χ3v) is 7.11. The molecule has 0 radical (unpaired) electrons. The Hall–Kier alpha value is -1.11. The van der Waals surface area contributed by atoms with Crippen molar-refractivity contribution in [1.29, 1.82) is 0 Å². The van der Waals surface area contributed by atoms with Gasteiger partial charge >= 0.3 is 0 Å². The third kappa shape index (κ3) is 5.03. The lowest BCUT2D eigenvalue weighted by Gasteiger charge is -2.38. The first-order valence-electron chi connectivity index (χ1n) is 10.4. The zero-order valence-corrected chi connectivity index (χ0v) is 17.9. The standard InChI is InChI=1S/C20H30N2O7S/c1-14-3-5-15(6-4-14)30(24,25)29-19-18(23)17(16-13-27-20(19)28-16)21-7-2-8-22-9-11-26-12-10-22/h3-6,16-21,23H,2,7-13H2,1H3/t16-,17-,18-,19-,20-/m1/s1. The molecule has 30 heavy (non-hydrogen) atoms. The quantitative estimate of drug-likeness (QED) is 0.420. The van der Waals surface area contributed by atoms with Crippen LogP contribution >= 0.6 is 0 Å². The fourth-order valence-electron chi connectivity index (χ4n) is 4.04. The van der Waals surface area contributed by atoms with Gasteiger partial charge in [0.2, 0.25) is 0 Å². The molecule has 0 amide bonds. The van der Waals surface area contributed by atoms with E-state index in [0.717, 1.165) is 44.8 Å². The van der Waals surface area contributed by atoms with Gasteiger partial charge in [0.05, 0.1) is 30.8 Å². The van der Waals surface area contributed by atoms with E-state index in [0.29, 0.717) is 6.54 Å². The molecular formula is C20H30N2O7S. The molecule has 3 aliphatic rings. The van der Waals surface area contributed by atoms with E-state index in [-0.39, 0.29) is 17.6 Å². The number of hydrogen-bond acceptors (Lipinski definition) is 9. The van der Waals surface area contributed by atoms with Gasteiger partial charge in [0.25, 0.3) is 10.1 Å². The molecule has 168 valence electrons. The number of fused-ring (bicyclic) bond motifs is 2. The molecule has 0 aliphatic carbocycles. The highest BCUT2D eigenvalue weighted by Gasteiger charge is 2.52. The predicted octanol–water partition coefficient (Wildman–Crippen LogP) is -0.135. The Morgan fingerprint density at radius 3 is 2.70 bits per heavy atom. The SMILES string of the molecule is Cc1ccc(S(=O)(=O)O[C@H]2[C@@H]3OC[C@@H](O3)[C@@H](NCCCN3CCOCC3)[C@H]2O)cc1. The molecule has 3 aliphatic heterocycles. The molecular weight excluding hydrogens is 412 g/mol. The normalized spacial score (nSPS) is 32.4. The van der Waals surface area contributed by atoms with Crippen LogP contribution < -0.4 is 5.32 Å². The second-order valence-electron chi connectivity index (χ2n) is 7.98. The van der Waals surface area contributed by atoms with Gasteiger partial charge in [-0.25, -0.2) is 0 Å². The lowest BCUT2D eigenvalue weighted by Crippen LogP contribution is -2.60. The Balaban J connectivity index is 1.35. The van der Waals surface area contributed by atoms with E-state index in [9.17, 15) is 13.5 Å². The molecule has 1 aromatic rings. The Labute approximate surface area is 177 Å². The Kier molecular flexibility index (Phi) is 7.05. The van der Waals surface area contributed by atoms with E-state index < -0.39 is 34.7 Å². The second kappa shape index (κ2) is 9.58. The summed E-state index contributed by atoms with van der Waals surface area (Å²) in [5, 5.41) is 14.2. The van der Waals surface area contributed by atoms with Crippen LogP contribution in [0.5, 0.6) is 0 Å². The summed E-state index contributed by atoms with van der Waals surface area (Å²) in [6.07, 6.45) is -2.55. The highest BCUT2D eigenvalue weighted by molar-refractivity contribution is 7.86. The number of benzene rings is 1. The van der Waals surface area contributed by atoms with Crippen LogP contribution in [-0.4, -0.2) is 95.1 Å². The van der Waals surface area contributed by atoms with Gasteiger partial charge in [-0.15, -0.1) is 0 Å². The van der Waals surface area contributed by atoms with Gasteiger partial charge in [0, 0.05) is 13.1 Å². The number of aliphatic hydroxyl groups is 1. The van der Waals surface area contributed by atoms with Crippen LogP contribution in [0.3, 0.4) is 0 Å². The minimum Gasteiger partial charge on any atom is -0.388 e. The van der Waals surface area contributed by atoms with Crippen LogP contribution in [0.1, 0.15) is 12.0 Å². The molecule has 2 N–H and O–H groups in total. The summed E-state index contributed by atoms with van der Waals surface area (Å²) in [7, 11) is -4.06. The van der Waals surface area contributed by atoms with Crippen LogP contribution in [-0.2, 0) is 28.5 Å². The van der Waals surface area contributed by atoms with E-state index in [4.69, 9.17) is 18.4 Å². The average Bonchev–Trinajstić information content (AvgIpc) is 3.18. The topological polar surface area (TPSA) is 107 Å². The first-order chi connectivity index (χ1) is 14.4. The second-order valence-corrected chi connectivity index (χ2v) is 9.55. The van der Waals surface area contributed by atoms with Crippen LogP contribution in [0, 0.1) is 6.92 Å². The van der Waals surface area contributed by atoms with Gasteiger partial charge in [0.15, 0.2) is 12.4 Å². The Morgan fingerprint density at radius 2 is 1.97 bits per heavy atom. The van der Waals surface area contributed by atoms with Crippen molar-refractivity contribution in [2.24, 2.45) is 0 Å². The van der Waals surface area contributed by atoms with Crippen LogP contribution in [0.25, 0.3) is 0 Å². The number of nitrogens with zero attached hydrogens (tertiary/aromatic N) is 1. The molecule has 2 bridgehead atoms. The van der Waals surface area contributed by atoms with Gasteiger partial charge in [-0.05, 0) is 38.6 Å². The largest absolute Gasteiger partial charge is 0.388 e. The van der Waals surface area contributed by atoms with Gasteiger partial charge in [-0.2, -0.15) is 8.42 Å². The van der Waals surface area contributed by atoms with Gasteiger partial charge in [-0.3, -0.25) is 9.08 Å². The van der Waals surface area contributed by atoms with Crippen molar-refractivity contribution in [1.82, 2.24) is 10.2 Å². The summed E-state index contributed by atoms with van der Waals surface area (Å²) in [5.74, 6) is 0. The molecule has 0 saturated carbocycles. The lowest BCUT2D eigenvalue weighted by molar-refractivity contribution is -0.192. The third-order valence-electron chi connectivity index (χ3n) is 5.79. The number of ether oxygens (including phenoxy) is 3. The van der Waals surface area contributed by atoms with E-state index in [2.05, 4.69) is 10.2 Å². The number of hydrogen-bond donors (Lipinski definition) is 2. The number of morpholine rings is 1. The molecule has 3 fully saturated rings. The average molecular weight is 443 g/mol. The smallest absolute Gasteiger partial charge is 0.297 e. The molecule has 1 aromatic carbocycles.